The number of hydrogen-bond donors (Lipinski definition) is 0. The number of rotatable bonds is 5. The third-order valence-electron chi connectivity index (χ3n) is 2.06. The third-order valence-corrected chi connectivity index (χ3v) is 2.06. The van der Waals surface area contributed by atoms with Gasteiger partial charge in [-0.15, -0.1) is 0 Å². The number of hydrogen-bond acceptors (Lipinski definition) is 2. The van der Waals surface area contributed by atoms with Crippen LogP contribution in [-0.4, -0.2) is 12.1 Å². The van der Waals surface area contributed by atoms with Gasteiger partial charge < -0.3 is 4.74 Å². The second kappa shape index (κ2) is 4.48. The first kappa shape index (κ1) is 9.56. The summed E-state index contributed by atoms with van der Waals surface area (Å²) in [5, 5.41) is 0. The molecule has 0 atom stereocenters. The Hall–Kier alpha value is -0.530. The van der Waals surface area contributed by atoms with Crippen molar-refractivity contribution in [2.24, 2.45) is 5.92 Å². The number of esters is 1. The summed E-state index contributed by atoms with van der Waals surface area (Å²) in [5.41, 5.74) is 0. The Labute approximate surface area is 74.3 Å². The van der Waals surface area contributed by atoms with Gasteiger partial charge in [0.05, 0.1) is 6.10 Å². The van der Waals surface area contributed by atoms with E-state index in [1.54, 1.807) is 0 Å². The smallest absolute Gasteiger partial charge is 0.306 e. The fourth-order valence-corrected chi connectivity index (χ4v) is 1.26. The molecule has 1 fully saturated rings. The first-order chi connectivity index (χ1) is 5.68. The molecule has 0 aromatic heterocycles. The molecule has 0 spiro atoms. The van der Waals surface area contributed by atoms with Crippen LogP contribution in [-0.2, 0) is 9.53 Å². The predicted molar refractivity (Wildman–Crippen MR) is 47.8 cm³/mol. The SMILES string of the molecule is CC(C)OC(=O)CCCC1CC1. The molecule has 0 bridgehead atoms. The maximum absolute atomic E-state index is 11.0. The van der Waals surface area contributed by atoms with Crippen molar-refractivity contribution in [1.82, 2.24) is 0 Å². The summed E-state index contributed by atoms with van der Waals surface area (Å²) in [6.45, 7) is 3.78. The topological polar surface area (TPSA) is 26.3 Å². The van der Waals surface area contributed by atoms with E-state index in [9.17, 15) is 4.79 Å². The number of ether oxygens (including phenoxy) is 1. The van der Waals surface area contributed by atoms with E-state index in [0.29, 0.717) is 6.42 Å². The lowest BCUT2D eigenvalue weighted by Crippen LogP contribution is -2.10. The van der Waals surface area contributed by atoms with Crippen LogP contribution in [0, 0.1) is 5.92 Å². The van der Waals surface area contributed by atoms with Crippen LogP contribution in [0.3, 0.4) is 0 Å². The molecule has 0 heterocycles. The maximum atomic E-state index is 11.0. The lowest BCUT2D eigenvalue weighted by Gasteiger charge is -2.06. The van der Waals surface area contributed by atoms with Gasteiger partial charge in [0.25, 0.3) is 0 Å². The molecule has 0 amide bonds. The minimum atomic E-state index is -0.0364. The van der Waals surface area contributed by atoms with Gasteiger partial charge in [-0.2, -0.15) is 0 Å². The Balaban J connectivity index is 1.93. The molecule has 0 aromatic rings. The van der Waals surface area contributed by atoms with E-state index in [2.05, 4.69) is 0 Å². The van der Waals surface area contributed by atoms with Gasteiger partial charge in [-0.3, -0.25) is 4.79 Å². The summed E-state index contributed by atoms with van der Waals surface area (Å²) >= 11 is 0. The second-order valence-electron chi connectivity index (χ2n) is 3.87. The van der Waals surface area contributed by atoms with E-state index in [0.717, 1.165) is 12.3 Å². The molecule has 0 radical (unpaired) electrons. The summed E-state index contributed by atoms with van der Waals surface area (Å²) in [6.07, 6.45) is 5.62. The molecule has 1 saturated carbocycles. The van der Waals surface area contributed by atoms with Crippen LogP contribution in [0.25, 0.3) is 0 Å². The molecule has 2 nitrogen and oxygen atoms in total. The Kier molecular flexibility index (Phi) is 3.57. The molecule has 0 N–H and O–H groups in total. The largest absolute Gasteiger partial charge is 0.463 e. The highest BCUT2D eigenvalue weighted by atomic mass is 16.5. The monoisotopic (exact) mass is 170 g/mol. The molecule has 0 aliphatic heterocycles. The van der Waals surface area contributed by atoms with Crippen molar-refractivity contribution in [3.05, 3.63) is 0 Å². The molecule has 1 rings (SSSR count). The van der Waals surface area contributed by atoms with Gasteiger partial charge in [0.1, 0.15) is 0 Å². The highest BCUT2D eigenvalue weighted by Crippen LogP contribution is 2.33. The van der Waals surface area contributed by atoms with Crippen molar-refractivity contribution in [3.8, 4) is 0 Å². The number of carbonyl (C=O) groups excluding carboxylic acids is 1. The summed E-state index contributed by atoms with van der Waals surface area (Å²) in [6, 6.07) is 0. The van der Waals surface area contributed by atoms with Crippen molar-refractivity contribution in [2.75, 3.05) is 0 Å². The van der Waals surface area contributed by atoms with Crippen LogP contribution < -0.4 is 0 Å². The van der Waals surface area contributed by atoms with Crippen LogP contribution in [0.4, 0.5) is 0 Å². The quantitative estimate of drug-likeness (QED) is 0.593. The van der Waals surface area contributed by atoms with Gasteiger partial charge in [-0.1, -0.05) is 12.8 Å². The van der Waals surface area contributed by atoms with Gasteiger partial charge in [0.2, 0.25) is 0 Å². The van der Waals surface area contributed by atoms with E-state index < -0.39 is 0 Å². The zero-order valence-electron chi connectivity index (χ0n) is 8.01. The molecule has 12 heavy (non-hydrogen) atoms. The minimum Gasteiger partial charge on any atom is -0.463 e. The zero-order valence-corrected chi connectivity index (χ0v) is 8.01. The van der Waals surface area contributed by atoms with Crippen molar-refractivity contribution in [3.63, 3.8) is 0 Å². The van der Waals surface area contributed by atoms with Crippen molar-refractivity contribution in [2.45, 2.75) is 52.1 Å². The predicted octanol–water partition coefficient (Wildman–Crippen LogP) is 2.52. The Bertz CT molecular complexity index is 148. The molecular weight excluding hydrogens is 152 g/mol. The average molecular weight is 170 g/mol. The van der Waals surface area contributed by atoms with Crippen molar-refractivity contribution < 1.29 is 9.53 Å². The standard InChI is InChI=1S/C10H18O2/c1-8(2)12-10(11)5-3-4-9-6-7-9/h8-9H,3-7H2,1-2H3. The first-order valence-corrected chi connectivity index (χ1v) is 4.88. The fraction of sp³-hybridized carbons (Fsp3) is 0.900. The molecule has 0 saturated heterocycles. The summed E-state index contributed by atoms with van der Waals surface area (Å²) < 4.78 is 5.01. The zero-order chi connectivity index (χ0) is 8.97. The minimum absolute atomic E-state index is 0.0364. The van der Waals surface area contributed by atoms with Crippen molar-refractivity contribution in [1.29, 1.82) is 0 Å². The molecule has 0 aromatic carbocycles. The van der Waals surface area contributed by atoms with Crippen LogP contribution in [0.2, 0.25) is 0 Å². The Morgan fingerprint density at radius 3 is 2.67 bits per heavy atom. The van der Waals surface area contributed by atoms with E-state index in [1.807, 2.05) is 13.8 Å². The second-order valence-corrected chi connectivity index (χ2v) is 3.87. The summed E-state index contributed by atoms with van der Waals surface area (Å²) in [7, 11) is 0. The van der Waals surface area contributed by atoms with E-state index in [1.165, 1.54) is 19.3 Å². The average Bonchev–Trinajstić information content (AvgIpc) is 2.69. The lowest BCUT2D eigenvalue weighted by atomic mass is 10.2. The lowest BCUT2D eigenvalue weighted by molar-refractivity contribution is -0.147. The van der Waals surface area contributed by atoms with Crippen LogP contribution >= 0.6 is 0 Å². The molecule has 1 aliphatic rings. The molecule has 1 aliphatic carbocycles. The fourth-order valence-electron chi connectivity index (χ4n) is 1.26. The molecule has 70 valence electrons. The molecular formula is C10H18O2. The summed E-state index contributed by atoms with van der Waals surface area (Å²) in [4.78, 5) is 11.0. The Morgan fingerprint density at radius 1 is 1.50 bits per heavy atom. The van der Waals surface area contributed by atoms with E-state index in [-0.39, 0.29) is 12.1 Å². The van der Waals surface area contributed by atoms with Gasteiger partial charge >= 0.3 is 5.97 Å². The molecule has 2 heteroatoms. The maximum Gasteiger partial charge on any atom is 0.306 e. The van der Waals surface area contributed by atoms with Gasteiger partial charge in [-0.05, 0) is 32.6 Å². The molecule has 0 unspecified atom stereocenters. The van der Waals surface area contributed by atoms with E-state index in [4.69, 9.17) is 4.74 Å². The van der Waals surface area contributed by atoms with Gasteiger partial charge in [0.15, 0.2) is 0 Å². The van der Waals surface area contributed by atoms with Crippen LogP contribution in [0.1, 0.15) is 46.0 Å². The van der Waals surface area contributed by atoms with Gasteiger partial charge in [-0.25, -0.2) is 0 Å². The van der Waals surface area contributed by atoms with Crippen LogP contribution in [0.15, 0.2) is 0 Å². The highest BCUT2D eigenvalue weighted by Gasteiger charge is 2.20. The summed E-state index contributed by atoms with van der Waals surface area (Å²) in [5.74, 6) is 0.891. The Morgan fingerprint density at radius 2 is 2.17 bits per heavy atom. The third kappa shape index (κ3) is 4.37. The first-order valence-electron chi connectivity index (χ1n) is 4.88. The van der Waals surface area contributed by atoms with Crippen molar-refractivity contribution >= 4 is 5.97 Å². The van der Waals surface area contributed by atoms with Crippen LogP contribution in [0.5, 0.6) is 0 Å². The van der Waals surface area contributed by atoms with Gasteiger partial charge in [0, 0.05) is 6.42 Å². The number of carbonyl (C=O) groups is 1. The highest BCUT2D eigenvalue weighted by molar-refractivity contribution is 5.69. The normalized spacial score (nSPS) is 16.6. The van der Waals surface area contributed by atoms with E-state index >= 15 is 0 Å².